The van der Waals surface area contributed by atoms with Crippen molar-refractivity contribution in [1.82, 2.24) is 0 Å². The third-order valence-corrected chi connectivity index (χ3v) is 5.01. The third kappa shape index (κ3) is 3.60. The molecule has 1 aliphatic rings. The van der Waals surface area contributed by atoms with E-state index in [1.807, 2.05) is 0 Å². The summed E-state index contributed by atoms with van der Waals surface area (Å²) in [6.07, 6.45) is 6.44. The van der Waals surface area contributed by atoms with Gasteiger partial charge in [-0.3, -0.25) is 0 Å². The van der Waals surface area contributed by atoms with E-state index in [9.17, 15) is 0 Å². The lowest BCUT2D eigenvalue weighted by molar-refractivity contribution is 0.203. The molecule has 0 saturated heterocycles. The summed E-state index contributed by atoms with van der Waals surface area (Å²) < 4.78 is 0. The van der Waals surface area contributed by atoms with Crippen molar-refractivity contribution in [2.75, 3.05) is 0 Å². The average Bonchev–Trinajstić information content (AvgIpc) is 2.46. The summed E-state index contributed by atoms with van der Waals surface area (Å²) in [7, 11) is 0. The molecule has 1 aromatic rings. The molecule has 1 aromatic carbocycles. The van der Waals surface area contributed by atoms with Crippen LogP contribution in [0.3, 0.4) is 0 Å². The van der Waals surface area contributed by atoms with Crippen molar-refractivity contribution in [3.63, 3.8) is 0 Å². The average molecular weight is 259 g/mol. The van der Waals surface area contributed by atoms with Crippen molar-refractivity contribution >= 4 is 0 Å². The van der Waals surface area contributed by atoms with E-state index >= 15 is 0 Å². The lowest BCUT2D eigenvalue weighted by Crippen LogP contribution is -2.27. The topological polar surface area (TPSA) is 26.0 Å². The highest BCUT2D eigenvalue weighted by atomic mass is 14.7. The molecule has 2 rings (SSSR count). The van der Waals surface area contributed by atoms with Crippen LogP contribution < -0.4 is 5.73 Å². The molecular formula is C18H29N. The maximum absolute atomic E-state index is 6.51. The summed E-state index contributed by atoms with van der Waals surface area (Å²) in [5.41, 5.74) is 9.26. The van der Waals surface area contributed by atoms with E-state index in [4.69, 9.17) is 5.73 Å². The van der Waals surface area contributed by atoms with Crippen LogP contribution in [0.5, 0.6) is 0 Å². The maximum atomic E-state index is 6.51. The molecule has 1 heteroatoms. The summed E-state index contributed by atoms with van der Waals surface area (Å²) in [5, 5.41) is 0. The molecule has 0 bridgehead atoms. The number of benzene rings is 1. The molecular weight excluding hydrogens is 230 g/mol. The van der Waals surface area contributed by atoms with Crippen LogP contribution in [0.1, 0.15) is 63.6 Å². The second kappa shape index (κ2) is 6.56. The van der Waals surface area contributed by atoms with Gasteiger partial charge >= 0.3 is 0 Å². The predicted molar refractivity (Wildman–Crippen MR) is 83.0 cm³/mol. The summed E-state index contributed by atoms with van der Waals surface area (Å²) in [6, 6.07) is 9.11. The zero-order valence-electron chi connectivity index (χ0n) is 12.7. The molecule has 2 N–H and O–H groups in total. The Morgan fingerprint density at radius 3 is 2.32 bits per heavy atom. The largest absolute Gasteiger partial charge is 0.324 e. The van der Waals surface area contributed by atoms with Gasteiger partial charge in [-0.05, 0) is 61.0 Å². The highest BCUT2D eigenvalue weighted by molar-refractivity contribution is 5.26. The van der Waals surface area contributed by atoms with E-state index in [0.717, 1.165) is 18.3 Å². The Hall–Kier alpha value is -0.820. The second-order valence-electron chi connectivity index (χ2n) is 6.54. The van der Waals surface area contributed by atoms with Crippen molar-refractivity contribution in [1.29, 1.82) is 0 Å². The molecule has 0 spiro atoms. The van der Waals surface area contributed by atoms with Gasteiger partial charge in [-0.2, -0.15) is 0 Å². The van der Waals surface area contributed by atoms with E-state index in [0.29, 0.717) is 5.92 Å². The Morgan fingerprint density at radius 2 is 1.74 bits per heavy atom. The molecule has 1 nitrogen and oxygen atoms in total. The first-order chi connectivity index (χ1) is 9.11. The number of hydrogen-bond acceptors (Lipinski definition) is 1. The van der Waals surface area contributed by atoms with Gasteiger partial charge in [0.15, 0.2) is 0 Å². The molecule has 0 heterocycles. The predicted octanol–water partition coefficient (Wildman–Crippen LogP) is 4.71. The van der Waals surface area contributed by atoms with Gasteiger partial charge in [0, 0.05) is 6.04 Å². The van der Waals surface area contributed by atoms with Crippen molar-refractivity contribution in [3.8, 4) is 0 Å². The quantitative estimate of drug-likeness (QED) is 0.832. The van der Waals surface area contributed by atoms with Crippen LogP contribution >= 0.6 is 0 Å². The minimum Gasteiger partial charge on any atom is -0.324 e. The van der Waals surface area contributed by atoms with Crippen LogP contribution in [0.4, 0.5) is 0 Å². The van der Waals surface area contributed by atoms with E-state index in [1.54, 1.807) is 0 Å². The van der Waals surface area contributed by atoms with Crippen LogP contribution in [0, 0.1) is 17.8 Å². The van der Waals surface area contributed by atoms with Crippen molar-refractivity contribution in [3.05, 3.63) is 35.4 Å². The highest BCUT2D eigenvalue weighted by Gasteiger charge is 2.27. The fourth-order valence-corrected chi connectivity index (χ4v) is 3.46. The van der Waals surface area contributed by atoms with E-state index in [1.165, 1.54) is 36.8 Å². The summed E-state index contributed by atoms with van der Waals surface area (Å²) >= 11 is 0. The van der Waals surface area contributed by atoms with Crippen LogP contribution in [-0.4, -0.2) is 0 Å². The number of aryl methyl sites for hydroxylation is 1. The molecule has 1 unspecified atom stereocenters. The Bertz CT molecular complexity index is 388. The standard InChI is InChI=1S/C18H29N/c1-4-14-6-5-7-17(12-14)18(19)16-10-8-15(9-11-16)13(2)3/h5-7,12-13,15-16,18H,4,8-11,19H2,1-3H3. The van der Waals surface area contributed by atoms with Gasteiger partial charge in [0.2, 0.25) is 0 Å². The third-order valence-electron chi connectivity index (χ3n) is 5.01. The van der Waals surface area contributed by atoms with Crippen molar-refractivity contribution < 1.29 is 0 Å². The molecule has 1 atom stereocenters. The number of nitrogens with two attached hydrogens (primary N) is 1. The van der Waals surface area contributed by atoms with Crippen molar-refractivity contribution in [2.24, 2.45) is 23.5 Å². The Morgan fingerprint density at radius 1 is 1.11 bits per heavy atom. The lowest BCUT2D eigenvalue weighted by atomic mass is 9.73. The van der Waals surface area contributed by atoms with Crippen LogP contribution in [0.25, 0.3) is 0 Å². The molecule has 1 aliphatic carbocycles. The van der Waals surface area contributed by atoms with Crippen LogP contribution in [0.2, 0.25) is 0 Å². The first-order valence-electron chi connectivity index (χ1n) is 7.96. The molecule has 0 aliphatic heterocycles. The van der Waals surface area contributed by atoms with E-state index in [-0.39, 0.29) is 6.04 Å². The smallest absolute Gasteiger partial charge is 0.0323 e. The van der Waals surface area contributed by atoms with E-state index < -0.39 is 0 Å². The van der Waals surface area contributed by atoms with Gasteiger partial charge in [0.25, 0.3) is 0 Å². The zero-order valence-corrected chi connectivity index (χ0v) is 12.7. The molecule has 19 heavy (non-hydrogen) atoms. The molecule has 1 saturated carbocycles. The first-order valence-corrected chi connectivity index (χ1v) is 7.96. The van der Waals surface area contributed by atoms with Crippen molar-refractivity contribution in [2.45, 2.75) is 58.9 Å². The van der Waals surface area contributed by atoms with Gasteiger partial charge in [0.05, 0.1) is 0 Å². The van der Waals surface area contributed by atoms with Crippen LogP contribution in [0.15, 0.2) is 24.3 Å². The Kier molecular flexibility index (Phi) is 5.04. The molecule has 0 aromatic heterocycles. The van der Waals surface area contributed by atoms with Crippen LogP contribution in [-0.2, 0) is 6.42 Å². The zero-order chi connectivity index (χ0) is 13.8. The van der Waals surface area contributed by atoms with Gasteiger partial charge in [0.1, 0.15) is 0 Å². The van der Waals surface area contributed by atoms with Gasteiger partial charge in [-0.15, -0.1) is 0 Å². The summed E-state index contributed by atoms with van der Waals surface area (Å²) in [6.45, 7) is 6.92. The summed E-state index contributed by atoms with van der Waals surface area (Å²) in [4.78, 5) is 0. The SMILES string of the molecule is CCc1cccc(C(N)C2CCC(C(C)C)CC2)c1. The minimum absolute atomic E-state index is 0.236. The number of rotatable bonds is 4. The fourth-order valence-electron chi connectivity index (χ4n) is 3.46. The molecule has 0 amide bonds. The van der Waals surface area contributed by atoms with Gasteiger partial charge in [-0.25, -0.2) is 0 Å². The first kappa shape index (κ1) is 14.6. The normalized spacial score (nSPS) is 25.5. The lowest BCUT2D eigenvalue weighted by Gasteiger charge is -2.34. The highest BCUT2D eigenvalue weighted by Crippen LogP contribution is 2.38. The summed E-state index contributed by atoms with van der Waals surface area (Å²) in [5.74, 6) is 2.44. The van der Waals surface area contributed by atoms with Gasteiger partial charge in [-0.1, -0.05) is 45.0 Å². The van der Waals surface area contributed by atoms with Gasteiger partial charge < -0.3 is 5.73 Å². The second-order valence-corrected chi connectivity index (χ2v) is 6.54. The Balaban J connectivity index is 1.98. The number of hydrogen-bond donors (Lipinski definition) is 1. The molecule has 106 valence electrons. The Labute approximate surface area is 118 Å². The fraction of sp³-hybridized carbons (Fsp3) is 0.667. The maximum Gasteiger partial charge on any atom is 0.0323 e. The minimum atomic E-state index is 0.236. The monoisotopic (exact) mass is 259 g/mol. The van der Waals surface area contributed by atoms with E-state index in [2.05, 4.69) is 45.0 Å². The molecule has 1 fully saturated rings. The molecule has 0 radical (unpaired) electrons.